The molecule has 1 heterocycles. The van der Waals surface area contributed by atoms with Crippen LogP contribution in [0.5, 0.6) is 0 Å². The fourth-order valence-electron chi connectivity index (χ4n) is 4.67. The molecule has 0 aliphatic carbocycles. The molecular formula is C29H31N3O4. The van der Waals surface area contributed by atoms with Gasteiger partial charge in [0.25, 0.3) is 5.91 Å². The molecule has 0 unspecified atom stereocenters. The van der Waals surface area contributed by atoms with Gasteiger partial charge in [0.2, 0.25) is 5.91 Å². The number of hydrogen-bond donors (Lipinski definition) is 2. The first kappa shape index (κ1) is 25.1. The van der Waals surface area contributed by atoms with Gasteiger partial charge in [-0.25, -0.2) is 0 Å². The van der Waals surface area contributed by atoms with Crippen LogP contribution in [0.2, 0.25) is 0 Å². The summed E-state index contributed by atoms with van der Waals surface area (Å²) in [5.74, 6) is -0.597. The summed E-state index contributed by atoms with van der Waals surface area (Å²) >= 11 is 0. The molecule has 0 saturated carbocycles. The fraction of sp³-hybridized carbons (Fsp3) is 0.276. The van der Waals surface area contributed by atoms with E-state index in [0.717, 1.165) is 11.1 Å². The first-order valence-electron chi connectivity index (χ1n) is 12.0. The zero-order chi connectivity index (χ0) is 25.7. The summed E-state index contributed by atoms with van der Waals surface area (Å²) in [7, 11) is 1.44. The normalized spacial score (nSPS) is 17.2. The van der Waals surface area contributed by atoms with Gasteiger partial charge in [-0.05, 0) is 53.8 Å². The Morgan fingerprint density at radius 1 is 1.03 bits per heavy atom. The van der Waals surface area contributed by atoms with Gasteiger partial charge in [0.1, 0.15) is 13.2 Å². The Labute approximate surface area is 211 Å². The maximum atomic E-state index is 13.5. The van der Waals surface area contributed by atoms with Gasteiger partial charge in [-0.2, -0.15) is 0 Å². The van der Waals surface area contributed by atoms with Crippen molar-refractivity contribution >= 4 is 17.5 Å². The van der Waals surface area contributed by atoms with Crippen molar-refractivity contribution < 1.29 is 19.5 Å². The van der Waals surface area contributed by atoms with Crippen molar-refractivity contribution in [1.82, 2.24) is 10.2 Å². The molecule has 36 heavy (non-hydrogen) atoms. The SMILES string of the molecule is CO/N=C1\C[C@@H](C(=O)NC[C@@H](O)c2ccccc2)N(C(=O)c2ccc(-c3c(C)cccc3C)cc2)C1. The predicted molar refractivity (Wildman–Crippen MR) is 140 cm³/mol. The fourth-order valence-corrected chi connectivity index (χ4v) is 4.67. The Bertz CT molecular complexity index is 1240. The van der Waals surface area contributed by atoms with E-state index >= 15 is 0 Å². The van der Waals surface area contributed by atoms with Crippen LogP contribution in [-0.4, -0.2) is 53.8 Å². The molecule has 3 aromatic carbocycles. The third kappa shape index (κ3) is 5.47. The number of carbonyl (C=O) groups is 2. The minimum atomic E-state index is -0.842. The topological polar surface area (TPSA) is 91.2 Å². The van der Waals surface area contributed by atoms with Crippen LogP contribution in [0.4, 0.5) is 0 Å². The molecule has 1 aliphatic heterocycles. The van der Waals surface area contributed by atoms with E-state index in [1.165, 1.54) is 23.1 Å². The van der Waals surface area contributed by atoms with E-state index in [0.29, 0.717) is 16.8 Å². The van der Waals surface area contributed by atoms with Crippen LogP contribution in [-0.2, 0) is 9.63 Å². The maximum Gasteiger partial charge on any atom is 0.254 e. The molecule has 4 rings (SSSR count). The van der Waals surface area contributed by atoms with Crippen molar-refractivity contribution in [1.29, 1.82) is 0 Å². The Kier molecular flexibility index (Phi) is 7.80. The summed E-state index contributed by atoms with van der Waals surface area (Å²) < 4.78 is 0. The second-order valence-corrected chi connectivity index (χ2v) is 9.01. The van der Waals surface area contributed by atoms with Crippen molar-refractivity contribution in [2.24, 2.45) is 5.16 Å². The Morgan fingerprint density at radius 3 is 2.33 bits per heavy atom. The van der Waals surface area contributed by atoms with E-state index in [9.17, 15) is 14.7 Å². The highest BCUT2D eigenvalue weighted by Gasteiger charge is 2.38. The van der Waals surface area contributed by atoms with Crippen LogP contribution in [0.15, 0.2) is 78.0 Å². The van der Waals surface area contributed by atoms with Crippen LogP contribution in [0, 0.1) is 13.8 Å². The zero-order valence-corrected chi connectivity index (χ0v) is 20.8. The molecule has 2 atom stereocenters. The summed E-state index contributed by atoms with van der Waals surface area (Å²) in [5, 5.41) is 17.2. The lowest BCUT2D eigenvalue weighted by Gasteiger charge is -2.24. The van der Waals surface area contributed by atoms with E-state index in [-0.39, 0.29) is 31.3 Å². The Hall–Kier alpha value is -3.97. The summed E-state index contributed by atoms with van der Waals surface area (Å²) in [5.41, 5.74) is 6.35. The van der Waals surface area contributed by atoms with Crippen molar-refractivity contribution in [2.45, 2.75) is 32.4 Å². The Morgan fingerprint density at radius 2 is 1.69 bits per heavy atom. The van der Waals surface area contributed by atoms with Gasteiger partial charge in [0, 0.05) is 18.5 Å². The van der Waals surface area contributed by atoms with Crippen molar-refractivity contribution in [2.75, 3.05) is 20.2 Å². The third-order valence-corrected chi connectivity index (χ3v) is 6.50. The molecule has 7 heteroatoms. The minimum absolute atomic E-state index is 0.0443. The first-order valence-corrected chi connectivity index (χ1v) is 12.0. The molecule has 1 fully saturated rings. The predicted octanol–water partition coefficient (Wildman–Crippen LogP) is 4.04. The average molecular weight is 486 g/mol. The van der Waals surface area contributed by atoms with E-state index in [1.54, 1.807) is 24.3 Å². The summed E-state index contributed by atoms with van der Waals surface area (Å²) in [6, 6.07) is 22.0. The number of aryl methyl sites for hydroxylation is 2. The second-order valence-electron chi connectivity index (χ2n) is 9.01. The molecule has 0 radical (unpaired) electrons. The number of carbonyl (C=O) groups excluding carboxylic acids is 2. The first-order chi connectivity index (χ1) is 17.4. The van der Waals surface area contributed by atoms with Crippen molar-refractivity contribution in [3.05, 3.63) is 95.1 Å². The molecule has 2 N–H and O–H groups in total. The van der Waals surface area contributed by atoms with Gasteiger partial charge in [-0.3, -0.25) is 9.59 Å². The van der Waals surface area contributed by atoms with E-state index < -0.39 is 12.1 Å². The largest absolute Gasteiger partial charge is 0.399 e. The van der Waals surface area contributed by atoms with Gasteiger partial charge < -0.3 is 20.2 Å². The summed E-state index contributed by atoms with van der Waals surface area (Å²) in [4.78, 5) is 33.0. The molecule has 1 aliphatic rings. The number of nitrogens with zero attached hydrogens (tertiary/aromatic N) is 2. The summed E-state index contributed by atoms with van der Waals surface area (Å²) in [6.45, 7) is 4.38. The summed E-state index contributed by atoms with van der Waals surface area (Å²) in [6.07, 6.45) is -0.571. The highest BCUT2D eigenvalue weighted by atomic mass is 16.6. The highest BCUT2D eigenvalue weighted by molar-refractivity contribution is 6.05. The number of likely N-dealkylation sites (tertiary alicyclic amines) is 1. The van der Waals surface area contributed by atoms with E-state index in [4.69, 9.17) is 4.84 Å². The molecule has 186 valence electrons. The lowest BCUT2D eigenvalue weighted by molar-refractivity contribution is -0.125. The number of aliphatic hydroxyl groups excluding tert-OH is 1. The van der Waals surface area contributed by atoms with E-state index in [2.05, 4.69) is 36.5 Å². The van der Waals surface area contributed by atoms with Crippen LogP contribution in [0.1, 0.15) is 39.6 Å². The Balaban J connectivity index is 1.50. The number of amides is 2. The molecule has 1 saturated heterocycles. The molecule has 3 aromatic rings. The molecule has 0 bridgehead atoms. The van der Waals surface area contributed by atoms with Crippen molar-refractivity contribution in [3.8, 4) is 11.1 Å². The average Bonchev–Trinajstić information content (AvgIpc) is 3.32. The number of benzene rings is 3. The lowest BCUT2D eigenvalue weighted by atomic mass is 9.95. The molecule has 2 amide bonds. The van der Waals surface area contributed by atoms with E-state index in [1.807, 2.05) is 36.4 Å². The minimum Gasteiger partial charge on any atom is -0.399 e. The zero-order valence-electron chi connectivity index (χ0n) is 20.8. The number of nitrogens with one attached hydrogen (secondary N) is 1. The smallest absolute Gasteiger partial charge is 0.254 e. The highest BCUT2D eigenvalue weighted by Crippen LogP contribution is 2.28. The van der Waals surface area contributed by atoms with Crippen molar-refractivity contribution in [3.63, 3.8) is 0 Å². The lowest BCUT2D eigenvalue weighted by Crippen LogP contribution is -2.46. The maximum absolute atomic E-state index is 13.5. The van der Waals surface area contributed by atoms with Gasteiger partial charge in [0.05, 0.1) is 18.4 Å². The number of rotatable bonds is 7. The van der Waals surface area contributed by atoms with Crippen LogP contribution >= 0.6 is 0 Å². The van der Waals surface area contributed by atoms with Crippen LogP contribution in [0.3, 0.4) is 0 Å². The monoisotopic (exact) mass is 485 g/mol. The number of aliphatic hydroxyl groups is 1. The molecule has 7 nitrogen and oxygen atoms in total. The standard InChI is InChI=1S/C29H31N3O4/c1-19-8-7-9-20(2)27(19)22-12-14-23(15-13-22)29(35)32-18-24(31-36-3)16-25(32)28(34)30-17-26(33)21-10-5-4-6-11-21/h4-15,25-26,33H,16-18H2,1-3H3,(H,30,34)/b31-24+/t25-,26+/m0/s1. The number of hydrogen-bond acceptors (Lipinski definition) is 5. The van der Waals surface area contributed by atoms with Gasteiger partial charge in [0.15, 0.2) is 0 Å². The molecular weight excluding hydrogens is 454 g/mol. The van der Waals surface area contributed by atoms with Crippen LogP contribution in [0.25, 0.3) is 11.1 Å². The van der Waals surface area contributed by atoms with Crippen LogP contribution < -0.4 is 5.32 Å². The van der Waals surface area contributed by atoms with Gasteiger partial charge in [-0.1, -0.05) is 65.8 Å². The number of oxime groups is 1. The van der Waals surface area contributed by atoms with Gasteiger partial charge >= 0.3 is 0 Å². The molecule has 0 aromatic heterocycles. The third-order valence-electron chi connectivity index (χ3n) is 6.50. The second kappa shape index (κ2) is 11.2. The molecule has 0 spiro atoms. The van der Waals surface area contributed by atoms with Gasteiger partial charge in [-0.15, -0.1) is 0 Å². The quantitative estimate of drug-likeness (QED) is 0.494.